The standard InChI is InChI=1S/C15H26N2O2/c1-15(2,3)11-13(18)17-10-9-16(14(17)19)12-7-5-4-6-8-12/h12H,4-11H2,1-3H3. The Balaban J connectivity index is 1.95. The van der Waals surface area contributed by atoms with E-state index in [0.717, 1.165) is 19.4 Å². The van der Waals surface area contributed by atoms with Gasteiger partial charge in [0.25, 0.3) is 0 Å². The Morgan fingerprint density at radius 2 is 1.79 bits per heavy atom. The lowest BCUT2D eigenvalue weighted by molar-refractivity contribution is -0.129. The molecule has 0 atom stereocenters. The molecule has 0 aromatic carbocycles. The second-order valence-electron chi connectivity index (χ2n) is 7.05. The van der Waals surface area contributed by atoms with Gasteiger partial charge in [0.05, 0.1) is 0 Å². The fourth-order valence-corrected chi connectivity index (χ4v) is 3.07. The van der Waals surface area contributed by atoms with Crippen LogP contribution in [-0.2, 0) is 4.79 Å². The van der Waals surface area contributed by atoms with E-state index in [-0.39, 0.29) is 17.4 Å². The number of nitrogens with zero attached hydrogens (tertiary/aromatic N) is 2. The van der Waals surface area contributed by atoms with Crippen molar-refractivity contribution >= 4 is 11.9 Å². The van der Waals surface area contributed by atoms with Crippen molar-refractivity contribution in [2.75, 3.05) is 13.1 Å². The van der Waals surface area contributed by atoms with E-state index in [1.54, 1.807) is 0 Å². The lowest BCUT2D eigenvalue weighted by Crippen LogP contribution is -2.42. The monoisotopic (exact) mass is 266 g/mol. The molecule has 0 aromatic rings. The number of hydrogen-bond acceptors (Lipinski definition) is 2. The molecule has 2 fully saturated rings. The summed E-state index contributed by atoms with van der Waals surface area (Å²) in [6.45, 7) is 7.39. The van der Waals surface area contributed by atoms with E-state index in [4.69, 9.17) is 0 Å². The summed E-state index contributed by atoms with van der Waals surface area (Å²) in [5.74, 6) is -0.0178. The van der Waals surface area contributed by atoms with Crippen molar-refractivity contribution in [2.45, 2.75) is 65.3 Å². The number of carbonyl (C=O) groups is 2. The highest BCUT2D eigenvalue weighted by Crippen LogP contribution is 2.27. The van der Waals surface area contributed by atoms with Crippen molar-refractivity contribution in [1.82, 2.24) is 9.80 Å². The van der Waals surface area contributed by atoms with Crippen molar-refractivity contribution in [1.29, 1.82) is 0 Å². The predicted molar refractivity (Wildman–Crippen MR) is 74.8 cm³/mol. The molecule has 3 amide bonds. The van der Waals surface area contributed by atoms with Gasteiger partial charge in [-0.25, -0.2) is 4.79 Å². The van der Waals surface area contributed by atoms with Gasteiger partial charge in [-0.05, 0) is 18.3 Å². The van der Waals surface area contributed by atoms with Crippen LogP contribution in [0.5, 0.6) is 0 Å². The summed E-state index contributed by atoms with van der Waals surface area (Å²) in [5, 5.41) is 0. The van der Waals surface area contributed by atoms with E-state index in [2.05, 4.69) is 0 Å². The lowest BCUT2D eigenvalue weighted by Gasteiger charge is -2.30. The first-order valence-corrected chi connectivity index (χ1v) is 7.49. The first-order chi connectivity index (χ1) is 8.88. The number of urea groups is 1. The van der Waals surface area contributed by atoms with Gasteiger partial charge in [0, 0.05) is 25.6 Å². The molecule has 0 aromatic heterocycles. The molecule has 2 aliphatic rings. The summed E-state index contributed by atoms with van der Waals surface area (Å²) in [7, 11) is 0. The second kappa shape index (κ2) is 5.51. The highest BCUT2D eigenvalue weighted by atomic mass is 16.2. The molecule has 1 aliphatic carbocycles. The maximum absolute atomic E-state index is 12.4. The number of amides is 3. The van der Waals surface area contributed by atoms with E-state index in [1.807, 2.05) is 25.7 Å². The quantitative estimate of drug-likeness (QED) is 0.771. The zero-order valence-corrected chi connectivity index (χ0v) is 12.4. The number of rotatable bonds is 2. The van der Waals surface area contributed by atoms with E-state index in [0.29, 0.717) is 19.0 Å². The van der Waals surface area contributed by atoms with E-state index < -0.39 is 0 Å². The summed E-state index contributed by atoms with van der Waals surface area (Å²) in [6, 6.07) is 0.315. The summed E-state index contributed by atoms with van der Waals surface area (Å²) >= 11 is 0. The van der Waals surface area contributed by atoms with Crippen LogP contribution in [0.2, 0.25) is 0 Å². The third kappa shape index (κ3) is 3.48. The molecule has 1 saturated carbocycles. The number of carbonyl (C=O) groups excluding carboxylic acids is 2. The Bertz CT molecular complexity index is 354. The molecule has 0 unspecified atom stereocenters. The largest absolute Gasteiger partial charge is 0.327 e. The van der Waals surface area contributed by atoms with Gasteiger partial charge in [-0.15, -0.1) is 0 Å². The van der Waals surface area contributed by atoms with Crippen LogP contribution in [0.3, 0.4) is 0 Å². The minimum absolute atomic E-state index is 0.0178. The molecule has 0 radical (unpaired) electrons. The fraction of sp³-hybridized carbons (Fsp3) is 0.867. The third-order valence-corrected chi connectivity index (χ3v) is 4.04. The van der Waals surface area contributed by atoms with Gasteiger partial charge in [-0.2, -0.15) is 0 Å². The second-order valence-corrected chi connectivity index (χ2v) is 7.05. The molecule has 1 heterocycles. The Morgan fingerprint density at radius 3 is 2.37 bits per heavy atom. The van der Waals surface area contributed by atoms with Crippen LogP contribution in [0.4, 0.5) is 4.79 Å². The average Bonchev–Trinajstić information content (AvgIpc) is 2.70. The smallest absolute Gasteiger partial charge is 0.320 e. The molecule has 108 valence electrons. The average molecular weight is 266 g/mol. The number of hydrogen-bond donors (Lipinski definition) is 0. The van der Waals surface area contributed by atoms with Crippen LogP contribution in [0, 0.1) is 5.41 Å². The van der Waals surface area contributed by atoms with E-state index in [9.17, 15) is 9.59 Å². The molecular weight excluding hydrogens is 240 g/mol. The Hall–Kier alpha value is -1.06. The van der Waals surface area contributed by atoms with Crippen LogP contribution in [0.1, 0.15) is 59.3 Å². The molecule has 0 spiro atoms. The summed E-state index contributed by atoms with van der Waals surface area (Å²) in [4.78, 5) is 27.9. The van der Waals surface area contributed by atoms with Crippen molar-refractivity contribution in [2.24, 2.45) is 5.41 Å². The Labute approximate surface area is 116 Å². The third-order valence-electron chi connectivity index (χ3n) is 4.04. The first-order valence-electron chi connectivity index (χ1n) is 7.49. The highest BCUT2D eigenvalue weighted by molar-refractivity contribution is 5.96. The van der Waals surface area contributed by atoms with Gasteiger partial charge in [0.2, 0.25) is 5.91 Å². The van der Waals surface area contributed by atoms with Crippen molar-refractivity contribution in [3.05, 3.63) is 0 Å². The predicted octanol–water partition coefficient (Wildman–Crippen LogP) is 3.02. The van der Waals surface area contributed by atoms with Gasteiger partial charge >= 0.3 is 6.03 Å². The van der Waals surface area contributed by atoms with E-state index >= 15 is 0 Å². The Kier molecular flexibility index (Phi) is 4.16. The zero-order valence-electron chi connectivity index (χ0n) is 12.4. The van der Waals surface area contributed by atoms with Crippen LogP contribution < -0.4 is 0 Å². The van der Waals surface area contributed by atoms with Gasteiger partial charge in [0.1, 0.15) is 0 Å². The zero-order chi connectivity index (χ0) is 14.0. The topological polar surface area (TPSA) is 40.6 Å². The summed E-state index contributed by atoms with van der Waals surface area (Å²) in [6.07, 6.45) is 6.36. The van der Waals surface area contributed by atoms with Crippen LogP contribution in [0.25, 0.3) is 0 Å². The van der Waals surface area contributed by atoms with Crippen LogP contribution in [0.15, 0.2) is 0 Å². The molecule has 1 aliphatic heterocycles. The lowest BCUT2D eigenvalue weighted by atomic mass is 9.92. The van der Waals surface area contributed by atoms with Gasteiger partial charge < -0.3 is 4.90 Å². The molecule has 19 heavy (non-hydrogen) atoms. The number of imide groups is 1. The molecule has 4 heteroatoms. The van der Waals surface area contributed by atoms with Crippen molar-refractivity contribution in [3.8, 4) is 0 Å². The summed E-state index contributed by atoms with van der Waals surface area (Å²) in [5.41, 5.74) is -0.0599. The molecular formula is C15H26N2O2. The van der Waals surface area contributed by atoms with Crippen molar-refractivity contribution < 1.29 is 9.59 Å². The molecule has 1 saturated heterocycles. The Morgan fingerprint density at radius 1 is 1.16 bits per heavy atom. The fourth-order valence-electron chi connectivity index (χ4n) is 3.07. The highest BCUT2D eigenvalue weighted by Gasteiger charge is 2.38. The van der Waals surface area contributed by atoms with E-state index in [1.165, 1.54) is 24.2 Å². The van der Waals surface area contributed by atoms with Crippen molar-refractivity contribution in [3.63, 3.8) is 0 Å². The molecule has 0 bridgehead atoms. The molecule has 4 nitrogen and oxygen atoms in total. The van der Waals surface area contributed by atoms with Gasteiger partial charge in [-0.3, -0.25) is 9.69 Å². The minimum atomic E-state index is -0.0599. The SMILES string of the molecule is CC(C)(C)CC(=O)N1CCN(C2CCCCC2)C1=O. The maximum Gasteiger partial charge on any atom is 0.327 e. The molecule has 2 rings (SSSR count). The summed E-state index contributed by atoms with van der Waals surface area (Å²) < 4.78 is 0. The minimum Gasteiger partial charge on any atom is -0.320 e. The normalized spacial score (nSPS) is 22.2. The van der Waals surface area contributed by atoms with Crippen LogP contribution >= 0.6 is 0 Å². The van der Waals surface area contributed by atoms with Gasteiger partial charge in [-0.1, -0.05) is 40.0 Å². The molecule has 0 N–H and O–H groups in total. The maximum atomic E-state index is 12.4. The van der Waals surface area contributed by atoms with Crippen LogP contribution in [-0.4, -0.2) is 40.9 Å². The first kappa shape index (κ1) is 14.4. The van der Waals surface area contributed by atoms with Gasteiger partial charge in [0.15, 0.2) is 0 Å².